The Hall–Kier alpha value is -1.46. The normalized spacial score (nSPS) is 20.4. The van der Waals surface area contributed by atoms with Gasteiger partial charge in [-0.25, -0.2) is 9.59 Å². The first-order valence-corrected chi connectivity index (χ1v) is 6.95. The molecule has 0 aromatic rings. The molecule has 14 nitrogen and oxygen atoms in total. The van der Waals surface area contributed by atoms with Gasteiger partial charge in [0.25, 0.3) is 0 Å². The van der Waals surface area contributed by atoms with Gasteiger partial charge in [0.05, 0.1) is 13.2 Å². The number of aliphatic hydroxyl groups is 10. The Morgan fingerprint density at radius 3 is 0.923 bits per heavy atom. The number of carboxylic acid groups (broad SMARTS) is 2. The largest absolute Gasteiger partial charge is 0.479 e. The Bertz CT molecular complexity index is 379. The van der Waals surface area contributed by atoms with Gasteiger partial charge in [-0.3, -0.25) is 0 Å². The van der Waals surface area contributed by atoms with E-state index in [0.717, 1.165) is 0 Å². The molecule has 12 N–H and O–H groups in total. The predicted molar refractivity (Wildman–Crippen MR) is 77.5 cm³/mol. The number of carboxylic acids is 2. The lowest BCUT2D eigenvalue weighted by Crippen LogP contribution is -2.48. The lowest BCUT2D eigenvalue weighted by molar-refractivity contribution is -0.164. The summed E-state index contributed by atoms with van der Waals surface area (Å²) in [4.78, 5) is 20.2. The van der Waals surface area contributed by atoms with Gasteiger partial charge in [0.15, 0.2) is 12.2 Å². The van der Waals surface area contributed by atoms with Crippen LogP contribution in [0.1, 0.15) is 0 Å². The molecular formula is C12H24O14. The van der Waals surface area contributed by atoms with Crippen LogP contribution < -0.4 is 0 Å². The summed E-state index contributed by atoms with van der Waals surface area (Å²) >= 11 is 0. The van der Waals surface area contributed by atoms with E-state index in [-0.39, 0.29) is 0 Å². The standard InChI is InChI=1S/2C6H12O7/c2*7-1-2(8)3(9)4(10)5(11)6(12)13/h2*2-5,7-11H,1H2,(H,12,13)/t2-,3-,4+,5-;/m1./s1. The van der Waals surface area contributed by atoms with E-state index in [4.69, 9.17) is 61.3 Å². The molecule has 0 rings (SSSR count). The molecule has 156 valence electrons. The van der Waals surface area contributed by atoms with Crippen LogP contribution >= 0.6 is 0 Å². The van der Waals surface area contributed by atoms with Gasteiger partial charge in [-0.15, -0.1) is 0 Å². The molecule has 0 bridgehead atoms. The van der Waals surface area contributed by atoms with Gasteiger partial charge < -0.3 is 61.3 Å². The van der Waals surface area contributed by atoms with Crippen molar-refractivity contribution in [3.05, 3.63) is 0 Å². The van der Waals surface area contributed by atoms with Gasteiger partial charge in [-0.1, -0.05) is 0 Å². The first-order chi connectivity index (χ1) is 11.8. The maximum Gasteiger partial charge on any atom is 0.335 e. The average Bonchev–Trinajstić information content (AvgIpc) is 2.62. The Kier molecular flexibility index (Phi) is 13.2. The number of aliphatic carboxylic acids is 2. The average molecular weight is 392 g/mol. The highest BCUT2D eigenvalue weighted by Gasteiger charge is 2.34. The second-order valence-corrected chi connectivity index (χ2v) is 5.03. The van der Waals surface area contributed by atoms with E-state index in [9.17, 15) is 9.59 Å². The van der Waals surface area contributed by atoms with Crippen LogP contribution in [0.5, 0.6) is 0 Å². The molecule has 0 radical (unpaired) electrons. The summed E-state index contributed by atoms with van der Waals surface area (Å²) in [5.74, 6) is -3.45. The minimum absolute atomic E-state index is 0.843. The number of hydrogen-bond acceptors (Lipinski definition) is 12. The smallest absolute Gasteiger partial charge is 0.335 e. The lowest BCUT2D eigenvalue weighted by atomic mass is 10.0. The third-order valence-corrected chi connectivity index (χ3v) is 3.02. The van der Waals surface area contributed by atoms with Gasteiger partial charge in [-0.2, -0.15) is 0 Å². The van der Waals surface area contributed by atoms with E-state index < -0.39 is 74.0 Å². The molecular weight excluding hydrogens is 368 g/mol. The van der Waals surface area contributed by atoms with Crippen molar-refractivity contribution in [2.24, 2.45) is 0 Å². The number of aliphatic hydroxyl groups excluding tert-OH is 10. The highest BCUT2D eigenvalue weighted by Crippen LogP contribution is 2.05. The molecule has 0 aliphatic rings. The molecule has 0 heterocycles. The second-order valence-electron chi connectivity index (χ2n) is 5.03. The molecule has 0 saturated heterocycles. The van der Waals surface area contributed by atoms with Crippen molar-refractivity contribution < 1.29 is 70.9 Å². The zero-order valence-corrected chi connectivity index (χ0v) is 13.2. The topological polar surface area (TPSA) is 277 Å². The highest BCUT2D eigenvalue weighted by atomic mass is 16.4. The molecule has 4 unspecified atom stereocenters. The van der Waals surface area contributed by atoms with Crippen LogP contribution in [0.15, 0.2) is 0 Å². The summed E-state index contributed by atoms with van der Waals surface area (Å²) in [6.45, 7) is -1.69. The molecule has 0 aromatic carbocycles. The molecule has 0 fully saturated rings. The van der Waals surface area contributed by atoms with Crippen molar-refractivity contribution in [2.45, 2.75) is 48.8 Å². The SMILES string of the molecule is O=C(O)C(O)C(O)C(O)C(O)CO.O=C(O)[C@H](O)[C@@H](O)[C@H](O)[C@H](O)CO. The van der Waals surface area contributed by atoms with Crippen LogP contribution in [-0.4, -0.2) is 135 Å². The first kappa shape index (κ1) is 26.8. The van der Waals surface area contributed by atoms with Crippen molar-refractivity contribution in [1.82, 2.24) is 0 Å². The predicted octanol–water partition coefficient (Wildman–Crippen LogP) is -6.99. The van der Waals surface area contributed by atoms with Gasteiger partial charge in [-0.05, 0) is 0 Å². The molecule has 14 heteroatoms. The van der Waals surface area contributed by atoms with Gasteiger partial charge >= 0.3 is 11.9 Å². The summed E-state index contributed by atoms with van der Waals surface area (Å²) in [5.41, 5.74) is 0. The van der Waals surface area contributed by atoms with Crippen molar-refractivity contribution in [2.75, 3.05) is 13.2 Å². The Morgan fingerprint density at radius 1 is 0.538 bits per heavy atom. The van der Waals surface area contributed by atoms with Gasteiger partial charge in [0.2, 0.25) is 0 Å². The molecule has 0 aliphatic carbocycles. The minimum Gasteiger partial charge on any atom is -0.479 e. The lowest BCUT2D eigenvalue weighted by Gasteiger charge is -2.23. The molecule has 0 spiro atoms. The molecule has 8 atom stereocenters. The minimum atomic E-state index is -2.20. The first-order valence-electron chi connectivity index (χ1n) is 6.95. The quantitative estimate of drug-likeness (QED) is 0.165. The zero-order chi connectivity index (χ0) is 21.2. The van der Waals surface area contributed by atoms with E-state index in [1.54, 1.807) is 0 Å². The van der Waals surface area contributed by atoms with Crippen LogP contribution in [0.25, 0.3) is 0 Å². The van der Waals surface area contributed by atoms with E-state index in [1.807, 2.05) is 0 Å². The van der Waals surface area contributed by atoms with Gasteiger partial charge in [0.1, 0.15) is 36.6 Å². The second kappa shape index (κ2) is 12.8. The van der Waals surface area contributed by atoms with Crippen molar-refractivity contribution in [1.29, 1.82) is 0 Å². The Morgan fingerprint density at radius 2 is 0.769 bits per heavy atom. The maximum absolute atomic E-state index is 10.1. The summed E-state index contributed by atoms with van der Waals surface area (Å²) < 4.78 is 0. The number of carbonyl (C=O) groups is 2. The molecule has 0 aromatic heterocycles. The van der Waals surface area contributed by atoms with E-state index in [2.05, 4.69) is 0 Å². The van der Waals surface area contributed by atoms with Crippen molar-refractivity contribution in [3.63, 3.8) is 0 Å². The van der Waals surface area contributed by atoms with Crippen LogP contribution in [0, 0.1) is 0 Å². The number of hydrogen-bond donors (Lipinski definition) is 12. The van der Waals surface area contributed by atoms with Crippen LogP contribution in [0.4, 0.5) is 0 Å². The van der Waals surface area contributed by atoms with Crippen molar-refractivity contribution >= 4 is 11.9 Å². The molecule has 0 saturated carbocycles. The van der Waals surface area contributed by atoms with Crippen molar-refractivity contribution in [3.8, 4) is 0 Å². The zero-order valence-electron chi connectivity index (χ0n) is 13.2. The number of rotatable bonds is 10. The van der Waals surface area contributed by atoms with Crippen LogP contribution in [-0.2, 0) is 9.59 Å². The van der Waals surface area contributed by atoms with Crippen LogP contribution in [0.3, 0.4) is 0 Å². The van der Waals surface area contributed by atoms with Gasteiger partial charge in [0, 0.05) is 0 Å². The maximum atomic E-state index is 10.1. The fraction of sp³-hybridized carbons (Fsp3) is 0.833. The molecule has 0 aliphatic heterocycles. The fourth-order valence-corrected chi connectivity index (χ4v) is 1.34. The summed E-state index contributed by atoms with van der Waals surface area (Å²) in [6, 6.07) is 0. The van der Waals surface area contributed by atoms with Crippen LogP contribution in [0.2, 0.25) is 0 Å². The monoisotopic (exact) mass is 392 g/mol. The highest BCUT2D eigenvalue weighted by molar-refractivity contribution is 5.73. The summed E-state index contributed by atoms with van der Waals surface area (Å²) in [5, 5.41) is 104. The third-order valence-electron chi connectivity index (χ3n) is 3.02. The molecule has 0 amide bonds. The summed E-state index contributed by atoms with van der Waals surface area (Å²) in [7, 11) is 0. The third kappa shape index (κ3) is 8.77. The van der Waals surface area contributed by atoms with E-state index >= 15 is 0 Å². The Balaban J connectivity index is 0. The fourth-order valence-electron chi connectivity index (χ4n) is 1.34. The summed E-state index contributed by atoms with van der Waals surface area (Å²) in [6.07, 6.45) is -15.7. The van der Waals surface area contributed by atoms with E-state index in [0.29, 0.717) is 0 Å². The molecule has 26 heavy (non-hydrogen) atoms. The Labute approximate surface area is 146 Å². The van der Waals surface area contributed by atoms with E-state index in [1.165, 1.54) is 0 Å².